The Balaban J connectivity index is 3.40. The zero-order chi connectivity index (χ0) is 13.2. The smallest absolute Gasteiger partial charge is 0.326 e. The summed E-state index contributed by atoms with van der Waals surface area (Å²) in [5.41, 5.74) is -1.93. The summed E-state index contributed by atoms with van der Waals surface area (Å²) < 4.78 is 37.8. The fourth-order valence-electron chi connectivity index (χ4n) is 1.22. The zero-order valence-electron chi connectivity index (χ0n) is 8.52. The first-order chi connectivity index (χ1) is 7.75. The van der Waals surface area contributed by atoms with Gasteiger partial charge < -0.3 is 5.32 Å². The molecule has 3 nitrogen and oxygen atoms in total. The molecule has 0 saturated heterocycles. The van der Waals surface area contributed by atoms with Crippen molar-refractivity contribution < 1.29 is 18.0 Å². The molecule has 0 aliphatic rings. The molecule has 1 aromatic rings. The molecule has 1 rings (SSSR count). The maximum atomic E-state index is 12.6. The van der Waals surface area contributed by atoms with Crippen molar-refractivity contribution in [1.82, 2.24) is 0 Å². The van der Waals surface area contributed by atoms with Crippen LogP contribution in [0.4, 0.5) is 18.9 Å². The van der Waals surface area contributed by atoms with Crippen molar-refractivity contribution >= 4 is 23.2 Å². The molecule has 0 saturated carbocycles. The second kappa shape index (κ2) is 4.63. The van der Waals surface area contributed by atoms with Gasteiger partial charge in [-0.25, -0.2) is 0 Å². The second-order valence-electron chi connectivity index (χ2n) is 3.17. The van der Waals surface area contributed by atoms with E-state index in [1.165, 1.54) is 6.07 Å². The summed E-state index contributed by atoms with van der Waals surface area (Å²) >= 11 is 5.55. The fraction of sp³-hybridized carbons (Fsp3) is 0.200. The van der Waals surface area contributed by atoms with Gasteiger partial charge in [0, 0.05) is 12.6 Å². The highest BCUT2D eigenvalue weighted by Crippen LogP contribution is 2.36. The molecule has 0 fully saturated rings. The number of amides is 1. The lowest BCUT2D eigenvalue weighted by atomic mass is 10.1. The molecule has 0 radical (unpaired) electrons. The van der Waals surface area contributed by atoms with Crippen LogP contribution in [0.5, 0.6) is 0 Å². The van der Waals surface area contributed by atoms with Gasteiger partial charge in [-0.2, -0.15) is 18.4 Å². The third-order valence-electron chi connectivity index (χ3n) is 1.83. The quantitative estimate of drug-likeness (QED) is 0.845. The number of carbonyl (C=O) groups is 1. The molecular weight excluding hydrogens is 257 g/mol. The van der Waals surface area contributed by atoms with Gasteiger partial charge in [-0.3, -0.25) is 4.79 Å². The highest BCUT2D eigenvalue weighted by atomic mass is 35.5. The molecule has 0 heterocycles. The highest BCUT2D eigenvalue weighted by molar-refractivity contribution is 6.32. The number of benzene rings is 1. The van der Waals surface area contributed by atoms with Crippen LogP contribution >= 0.6 is 11.6 Å². The van der Waals surface area contributed by atoms with Crippen molar-refractivity contribution in [3.8, 4) is 6.07 Å². The van der Waals surface area contributed by atoms with Crippen molar-refractivity contribution in [2.75, 3.05) is 5.32 Å². The second-order valence-corrected chi connectivity index (χ2v) is 3.58. The van der Waals surface area contributed by atoms with Crippen molar-refractivity contribution in [3.63, 3.8) is 0 Å². The minimum absolute atomic E-state index is 0.103. The van der Waals surface area contributed by atoms with Gasteiger partial charge >= 0.3 is 6.18 Å². The normalized spacial score (nSPS) is 10.8. The lowest BCUT2D eigenvalue weighted by Crippen LogP contribution is -2.11. The Kier molecular flexibility index (Phi) is 3.63. The summed E-state index contributed by atoms with van der Waals surface area (Å²) in [6.07, 6.45) is -4.71. The summed E-state index contributed by atoms with van der Waals surface area (Å²) in [5, 5.41) is 10.4. The Labute approximate surface area is 99.8 Å². The number of hydrogen-bond acceptors (Lipinski definition) is 2. The number of nitriles is 1. The van der Waals surface area contributed by atoms with E-state index in [1.54, 1.807) is 0 Å². The number of hydrogen-bond donors (Lipinski definition) is 1. The van der Waals surface area contributed by atoms with Crippen LogP contribution in [0.2, 0.25) is 5.02 Å². The van der Waals surface area contributed by atoms with Gasteiger partial charge in [0.25, 0.3) is 0 Å². The van der Waals surface area contributed by atoms with Gasteiger partial charge in [0.15, 0.2) is 0 Å². The van der Waals surface area contributed by atoms with E-state index in [4.69, 9.17) is 16.9 Å². The number of nitrogens with zero attached hydrogens (tertiary/aromatic N) is 1. The molecule has 0 atom stereocenters. The van der Waals surface area contributed by atoms with Crippen LogP contribution < -0.4 is 5.32 Å². The first-order valence-electron chi connectivity index (χ1n) is 4.34. The first kappa shape index (κ1) is 13.3. The van der Waals surface area contributed by atoms with E-state index in [0.29, 0.717) is 6.07 Å². The highest BCUT2D eigenvalue weighted by Gasteiger charge is 2.35. The van der Waals surface area contributed by atoms with E-state index in [0.717, 1.165) is 13.0 Å². The lowest BCUT2D eigenvalue weighted by molar-refractivity contribution is -0.137. The summed E-state index contributed by atoms with van der Waals surface area (Å²) in [7, 11) is 0. The van der Waals surface area contributed by atoms with Crippen LogP contribution in [0.25, 0.3) is 0 Å². The van der Waals surface area contributed by atoms with Crippen LogP contribution in [0.15, 0.2) is 12.1 Å². The molecule has 17 heavy (non-hydrogen) atoms. The summed E-state index contributed by atoms with van der Waals surface area (Å²) in [6, 6.07) is 3.15. The lowest BCUT2D eigenvalue weighted by Gasteiger charge is -2.12. The van der Waals surface area contributed by atoms with Gasteiger partial charge in [-0.1, -0.05) is 11.6 Å². The van der Waals surface area contributed by atoms with Crippen molar-refractivity contribution in [3.05, 3.63) is 28.3 Å². The number of anilines is 1. The summed E-state index contributed by atoms with van der Waals surface area (Å²) in [6.45, 7) is 1.15. The Morgan fingerprint density at radius 1 is 1.47 bits per heavy atom. The Hall–Kier alpha value is -1.74. The monoisotopic (exact) mass is 262 g/mol. The van der Waals surface area contributed by atoms with Crippen LogP contribution in [-0.2, 0) is 11.0 Å². The third kappa shape index (κ3) is 3.11. The third-order valence-corrected chi connectivity index (χ3v) is 2.13. The number of rotatable bonds is 1. The Bertz CT molecular complexity index is 505. The molecule has 90 valence electrons. The molecule has 0 aliphatic heterocycles. The summed E-state index contributed by atoms with van der Waals surface area (Å²) in [5.74, 6) is -0.529. The predicted molar refractivity (Wildman–Crippen MR) is 55.5 cm³/mol. The molecule has 0 aliphatic carbocycles. The average molecular weight is 263 g/mol. The first-order valence-corrected chi connectivity index (χ1v) is 4.72. The Morgan fingerprint density at radius 2 is 2.06 bits per heavy atom. The molecule has 7 heteroatoms. The standard InChI is InChI=1S/C10H6ClF3N2O/c1-5(17)16-6-2-8(10(12,13)14)7(4-15)9(11)3-6/h2-3H,1H3,(H,16,17). The molecule has 1 amide bonds. The SMILES string of the molecule is CC(=O)Nc1cc(Cl)c(C#N)c(C(F)(F)F)c1. The molecule has 0 aromatic heterocycles. The van der Waals surface area contributed by atoms with Crippen molar-refractivity contribution in [1.29, 1.82) is 5.26 Å². The maximum absolute atomic E-state index is 12.6. The fourth-order valence-corrected chi connectivity index (χ4v) is 1.48. The number of carbonyl (C=O) groups excluding carboxylic acids is 1. The van der Waals surface area contributed by atoms with Crippen LogP contribution in [0, 0.1) is 11.3 Å². The van der Waals surface area contributed by atoms with Gasteiger partial charge in [0.2, 0.25) is 5.91 Å². The van der Waals surface area contributed by atoms with Crippen LogP contribution in [0.1, 0.15) is 18.1 Å². The van der Waals surface area contributed by atoms with Gasteiger partial charge in [-0.05, 0) is 12.1 Å². The van der Waals surface area contributed by atoms with E-state index in [1.807, 2.05) is 0 Å². The largest absolute Gasteiger partial charge is 0.417 e. The van der Waals surface area contributed by atoms with E-state index in [-0.39, 0.29) is 10.7 Å². The molecule has 1 aromatic carbocycles. The van der Waals surface area contributed by atoms with E-state index < -0.39 is 23.2 Å². The molecule has 0 bridgehead atoms. The predicted octanol–water partition coefficient (Wildman–Crippen LogP) is 3.19. The van der Waals surface area contributed by atoms with E-state index in [9.17, 15) is 18.0 Å². The zero-order valence-corrected chi connectivity index (χ0v) is 9.28. The minimum atomic E-state index is -4.71. The molecule has 0 unspecified atom stereocenters. The van der Waals surface area contributed by atoms with E-state index >= 15 is 0 Å². The number of nitrogens with one attached hydrogen (secondary N) is 1. The summed E-state index contributed by atoms with van der Waals surface area (Å²) in [4.78, 5) is 10.7. The van der Waals surface area contributed by atoms with E-state index in [2.05, 4.69) is 5.32 Å². The molecule has 1 N–H and O–H groups in total. The van der Waals surface area contributed by atoms with Crippen LogP contribution in [-0.4, -0.2) is 5.91 Å². The van der Waals surface area contributed by atoms with Gasteiger partial charge in [0.05, 0.1) is 16.1 Å². The average Bonchev–Trinajstić information content (AvgIpc) is 2.14. The minimum Gasteiger partial charge on any atom is -0.326 e. The Morgan fingerprint density at radius 3 is 2.47 bits per heavy atom. The number of halogens is 4. The topological polar surface area (TPSA) is 52.9 Å². The van der Waals surface area contributed by atoms with Crippen molar-refractivity contribution in [2.24, 2.45) is 0 Å². The molecular formula is C10H6ClF3N2O. The van der Waals surface area contributed by atoms with Gasteiger partial charge in [-0.15, -0.1) is 0 Å². The van der Waals surface area contributed by atoms with Crippen molar-refractivity contribution in [2.45, 2.75) is 13.1 Å². The number of alkyl halides is 3. The molecule has 0 spiro atoms. The van der Waals surface area contributed by atoms with Crippen LogP contribution in [0.3, 0.4) is 0 Å². The maximum Gasteiger partial charge on any atom is 0.417 e. The van der Waals surface area contributed by atoms with Gasteiger partial charge in [0.1, 0.15) is 6.07 Å².